The van der Waals surface area contributed by atoms with Gasteiger partial charge in [0.25, 0.3) is 0 Å². The summed E-state index contributed by atoms with van der Waals surface area (Å²) in [5.74, 6) is 2.91. The molecule has 1 saturated carbocycles. The number of anilines is 1. The van der Waals surface area contributed by atoms with E-state index in [0.717, 1.165) is 12.2 Å². The Morgan fingerprint density at radius 2 is 2.15 bits per heavy atom. The normalized spacial score (nSPS) is 20.0. The van der Waals surface area contributed by atoms with Crippen molar-refractivity contribution in [2.45, 2.75) is 45.6 Å². The van der Waals surface area contributed by atoms with E-state index in [1.807, 2.05) is 26.0 Å². The summed E-state index contributed by atoms with van der Waals surface area (Å²) in [5, 5.41) is 12.0. The predicted molar refractivity (Wildman–Crippen MR) is 103 cm³/mol. The highest BCUT2D eigenvalue weighted by atomic mass is 16.3. The van der Waals surface area contributed by atoms with Crippen molar-refractivity contribution in [1.82, 2.24) is 15.5 Å². The molecule has 27 heavy (non-hydrogen) atoms. The second kappa shape index (κ2) is 8.24. The Labute approximate surface area is 158 Å². The largest absolute Gasteiger partial charge is 0.461 e. The third-order valence-electron chi connectivity index (χ3n) is 4.62. The number of hydrogen-bond donors (Lipinski definition) is 3. The Morgan fingerprint density at radius 1 is 1.37 bits per heavy atom. The van der Waals surface area contributed by atoms with E-state index in [1.165, 1.54) is 6.08 Å². The lowest BCUT2D eigenvalue weighted by Gasteiger charge is -2.18. The summed E-state index contributed by atoms with van der Waals surface area (Å²) in [4.78, 5) is 24.7. The first-order valence-electron chi connectivity index (χ1n) is 9.31. The number of nitrogens with one attached hydrogen (secondary N) is 3. The van der Waals surface area contributed by atoms with Crippen LogP contribution >= 0.6 is 0 Å². The minimum absolute atomic E-state index is 0.250. The van der Waals surface area contributed by atoms with Gasteiger partial charge in [-0.3, -0.25) is 14.7 Å². The first-order chi connectivity index (χ1) is 12.9. The molecule has 1 fully saturated rings. The molecule has 0 radical (unpaired) electrons. The molecule has 3 unspecified atom stereocenters. The number of rotatable bonds is 8. The van der Waals surface area contributed by atoms with Crippen molar-refractivity contribution in [3.63, 3.8) is 0 Å². The van der Waals surface area contributed by atoms with Crippen molar-refractivity contribution in [3.05, 3.63) is 42.0 Å². The fourth-order valence-electron chi connectivity index (χ4n) is 3.00. The van der Waals surface area contributed by atoms with E-state index in [-0.39, 0.29) is 17.7 Å². The minimum Gasteiger partial charge on any atom is -0.461 e. The summed E-state index contributed by atoms with van der Waals surface area (Å²) in [6.07, 6.45) is 6.26. The van der Waals surface area contributed by atoms with Gasteiger partial charge in [0.2, 0.25) is 11.8 Å². The van der Waals surface area contributed by atoms with Gasteiger partial charge >= 0.3 is 0 Å². The molecule has 7 heteroatoms. The highest BCUT2D eigenvalue weighted by molar-refractivity contribution is 5.99. The lowest BCUT2D eigenvalue weighted by Crippen LogP contribution is -2.44. The SMILES string of the molecule is CC(C)CC(NC(=O)C=Cc1ccc(C2CC2C)o1)C(=O)Nc1ccn[nH]1. The van der Waals surface area contributed by atoms with Gasteiger partial charge in [-0.25, -0.2) is 0 Å². The van der Waals surface area contributed by atoms with Gasteiger partial charge in [0.05, 0.1) is 6.20 Å². The van der Waals surface area contributed by atoms with E-state index in [1.54, 1.807) is 18.3 Å². The highest BCUT2D eigenvalue weighted by Gasteiger charge is 2.36. The Kier molecular flexibility index (Phi) is 5.78. The fourth-order valence-corrected chi connectivity index (χ4v) is 3.00. The van der Waals surface area contributed by atoms with E-state index in [0.29, 0.717) is 29.8 Å². The van der Waals surface area contributed by atoms with Gasteiger partial charge in [-0.1, -0.05) is 20.8 Å². The number of aromatic amines is 1. The molecular weight excluding hydrogens is 344 g/mol. The molecule has 0 bridgehead atoms. The zero-order valence-electron chi connectivity index (χ0n) is 15.9. The average molecular weight is 370 g/mol. The van der Waals surface area contributed by atoms with Gasteiger partial charge in [-0.15, -0.1) is 0 Å². The molecule has 0 saturated heterocycles. The van der Waals surface area contributed by atoms with Crippen molar-refractivity contribution in [3.8, 4) is 0 Å². The number of nitrogens with zero attached hydrogens (tertiary/aromatic N) is 1. The maximum atomic E-state index is 12.5. The first kappa shape index (κ1) is 18.9. The number of carbonyl (C=O) groups excluding carboxylic acids is 2. The van der Waals surface area contributed by atoms with Gasteiger partial charge in [-0.2, -0.15) is 5.10 Å². The summed E-state index contributed by atoms with van der Waals surface area (Å²) in [6, 6.07) is 4.84. The molecule has 0 spiro atoms. The van der Waals surface area contributed by atoms with Crippen molar-refractivity contribution in [2.75, 3.05) is 5.32 Å². The van der Waals surface area contributed by atoms with Crippen LogP contribution < -0.4 is 10.6 Å². The molecule has 0 aliphatic heterocycles. The lowest BCUT2D eigenvalue weighted by atomic mass is 10.0. The van der Waals surface area contributed by atoms with Gasteiger partial charge in [-0.05, 0) is 42.9 Å². The molecule has 1 aliphatic carbocycles. The summed E-state index contributed by atoms with van der Waals surface area (Å²) in [6.45, 7) is 6.20. The number of furan rings is 1. The van der Waals surface area contributed by atoms with Crippen molar-refractivity contribution < 1.29 is 14.0 Å². The molecule has 2 amide bonds. The Hall–Kier alpha value is -2.83. The quantitative estimate of drug-likeness (QED) is 0.621. The number of hydrogen-bond acceptors (Lipinski definition) is 4. The van der Waals surface area contributed by atoms with Crippen LogP contribution in [0.4, 0.5) is 5.82 Å². The summed E-state index contributed by atoms with van der Waals surface area (Å²) < 4.78 is 5.76. The highest BCUT2D eigenvalue weighted by Crippen LogP contribution is 2.47. The minimum atomic E-state index is -0.634. The van der Waals surface area contributed by atoms with Crippen LogP contribution in [0.3, 0.4) is 0 Å². The Bertz CT molecular complexity index is 807. The number of carbonyl (C=O) groups is 2. The first-order valence-corrected chi connectivity index (χ1v) is 9.31. The van der Waals surface area contributed by atoms with E-state index in [4.69, 9.17) is 4.42 Å². The van der Waals surface area contributed by atoms with Crippen molar-refractivity contribution in [2.24, 2.45) is 11.8 Å². The topological polar surface area (TPSA) is 100 Å². The van der Waals surface area contributed by atoms with Crippen LogP contribution in [0, 0.1) is 11.8 Å². The molecule has 2 aromatic rings. The summed E-state index contributed by atoms with van der Waals surface area (Å²) >= 11 is 0. The Balaban J connectivity index is 1.58. The van der Waals surface area contributed by atoms with Crippen LogP contribution in [0.1, 0.15) is 51.1 Å². The zero-order valence-corrected chi connectivity index (χ0v) is 15.9. The van der Waals surface area contributed by atoms with Gasteiger partial charge < -0.3 is 15.1 Å². The van der Waals surface area contributed by atoms with Crippen LogP contribution in [0.5, 0.6) is 0 Å². The van der Waals surface area contributed by atoms with E-state index in [9.17, 15) is 9.59 Å². The second-order valence-corrected chi connectivity index (χ2v) is 7.54. The molecule has 2 heterocycles. The van der Waals surface area contributed by atoms with E-state index < -0.39 is 6.04 Å². The molecule has 3 rings (SSSR count). The molecule has 3 atom stereocenters. The smallest absolute Gasteiger partial charge is 0.248 e. The maximum absolute atomic E-state index is 12.5. The molecule has 144 valence electrons. The van der Waals surface area contributed by atoms with Crippen molar-refractivity contribution in [1.29, 1.82) is 0 Å². The predicted octanol–water partition coefficient (Wildman–Crippen LogP) is 3.31. The number of amides is 2. The zero-order chi connectivity index (χ0) is 19.4. The summed E-state index contributed by atoms with van der Waals surface area (Å²) in [5.41, 5.74) is 0. The van der Waals surface area contributed by atoms with Crippen LogP contribution in [-0.4, -0.2) is 28.1 Å². The number of H-pyrrole nitrogens is 1. The Morgan fingerprint density at radius 3 is 2.78 bits per heavy atom. The molecule has 2 aromatic heterocycles. The summed E-state index contributed by atoms with van der Waals surface area (Å²) in [7, 11) is 0. The standard InChI is InChI=1S/C20H26N4O3/c1-12(2)10-16(20(26)23-18-8-9-21-24-18)22-19(25)7-5-14-4-6-17(27-14)15-11-13(15)3/h4-9,12-13,15-16H,10-11H2,1-3H3,(H,22,25)(H2,21,23,24,26). The van der Waals surface area contributed by atoms with Crippen molar-refractivity contribution >= 4 is 23.7 Å². The third-order valence-corrected chi connectivity index (χ3v) is 4.62. The second-order valence-electron chi connectivity index (χ2n) is 7.54. The maximum Gasteiger partial charge on any atom is 0.248 e. The van der Waals surface area contributed by atoms with Crippen LogP contribution in [0.2, 0.25) is 0 Å². The molecule has 0 aromatic carbocycles. The van der Waals surface area contributed by atoms with Gasteiger partial charge in [0.1, 0.15) is 23.4 Å². The van der Waals surface area contributed by atoms with Crippen LogP contribution in [0.25, 0.3) is 6.08 Å². The third kappa shape index (κ3) is 5.32. The van der Waals surface area contributed by atoms with E-state index in [2.05, 4.69) is 27.8 Å². The molecule has 7 nitrogen and oxygen atoms in total. The van der Waals surface area contributed by atoms with Gasteiger partial charge in [0, 0.05) is 18.1 Å². The fraction of sp³-hybridized carbons (Fsp3) is 0.450. The van der Waals surface area contributed by atoms with Crippen LogP contribution in [0.15, 0.2) is 34.9 Å². The number of aromatic nitrogens is 2. The monoisotopic (exact) mass is 370 g/mol. The molecular formula is C20H26N4O3. The lowest BCUT2D eigenvalue weighted by molar-refractivity contribution is -0.124. The average Bonchev–Trinajstić information content (AvgIpc) is 3.04. The van der Waals surface area contributed by atoms with Crippen LogP contribution in [-0.2, 0) is 9.59 Å². The van der Waals surface area contributed by atoms with E-state index >= 15 is 0 Å². The molecule has 3 N–H and O–H groups in total. The van der Waals surface area contributed by atoms with Gasteiger partial charge in [0.15, 0.2) is 0 Å². The molecule has 1 aliphatic rings.